The second-order valence-corrected chi connectivity index (χ2v) is 7.69. The van der Waals surface area contributed by atoms with E-state index in [2.05, 4.69) is 10.6 Å². The highest BCUT2D eigenvalue weighted by Crippen LogP contribution is 2.55. The average Bonchev–Trinajstić information content (AvgIpc) is 2.45. The predicted molar refractivity (Wildman–Crippen MR) is 88.0 cm³/mol. The number of para-hydroxylation sites is 1. The molecule has 4 aliphatic rings. The summed E-state index contributed by atoms with van der Waals surface area (Å²) >= 11 is 0. The van der Waals surface area contributed by atoms with E-state index >= 15 is 0 Å². The van der Waals surface area contributed by atoms with Gasteiger partial charge in [-0.05, 0) is 68.4 Å². The molecule has 4 bridgehead atoms. The van der Waals surface area contributed by atoms with Crippen molar-refractivity contribution in [3.05, 3.63) is 29.8 Å². The molecule has 0 heterocycles. The van der Waals surface area contributed by atoms with Gasteiger partial charge < -0.3 is 16.4 Å². The lowest BCUT2D eigenvalue weighted by atomic mass is 9.53. The number of nitrogens with two attached hydrogens (primary N) is 1. The third-order valence-electron chi connectivity index (χ3n) is 5.86. The average molecular weight is 313 g/mol. The van der Waals surface area contributed by atoms with Gasteiger partial charge in [0.2, 0.25) is 0 Å². The Kier molecular flexibility index (Phi) is 3.32. The molecule has 0 saturated heterocycles. The molecular weight excluding hydrogens is 290 g/mol. The summed E-state index contributed by atoms with van der Waals surface area (Å²) in [6, 6.07) is 6.64. The molecule has 3 amide bonds. The number of anilines is 1. The number of carbonyl (C=O) groups excluding carboxylic acids is 2. The first-order valence-electron chi connectivity index (χ1n) is 8.51. The van der Waals surface area contributed by atoms with Gasteiger partial charge in [0.05, 0.1) is 11.3 Å². The molecule has 0 unspecified atom stereocenters. The minimum absolute atomic E-state index is 0.0412. The Morgan fingerprint density at radius 3 is 2.13 bits per heavy atom. The van der Waals surface area contributed by atoms with E-state index in [4.69, 9.17) is 5.73 Å². The molecule has 1 aromatic rings. The van der Waals surface area contributed by atoms with Crippen LogP contribution in [0.5, 0.6) is 0 Å². The fourth-order valence-electron chi connectivity index (χ4n) is 5.47. The van der Waals surface area contributed by atoms with Gasteiger partial charge in [-0.2, -0.15) is 0 Å². The van der Waals surface area contributed by atoms with Crippen LogP contribution in [-0.4, -0.2) is 17.5 Å². The van der Waals surface area contributed by atoms with Crippen LogP contribution in [0.3, 0.4) is 0 Å². The zero-order valence-corrected chi connectivity index (χ0v) is 13.2. The summed E-state index contributed by atoms with van der Waals surface area (Å²) in [4.78, 5) is 24.0. The van der Waals surface area contributed by atoms with Gasteiger partial charge in [0.25, 0.3) is 5.91 Å². The molecule has 0 radical (unpaired) electrons. The fraction of sp³-hybridized carbons (Fsp3) is 0.556. The van der Waals surface area contributed by atoms with Crippen LogP contribution in [0.1, 0.15) is 48.9 Å². The highest BCUT2D eigenvalue weighted by atomic mass is 16.2. The van der Waals surface area contributed by atoms with Crippen molar-refractivity contribution < 1.29 is 9.59 Å². The fourth-order valence-corrected chi connectivity index (χ4v) is 5.47. The van der Waals surface area contributed by atoms with E-state index in [1.807, 2.05) is 0 Å². The van der Waals surface area contributed by atoms with Gasteiger partial charge >= 0.3 is 6.03 Å². The van der Waals surface area contributed by atoms with E-state index in [1.165, 1.54) is 19.3 Å². The smallest absolute Gasteiger partial charge is 0.319 e. The minimum atomic E-state index is -0.532. The van der Waals surface area contributed by atoms with E-state index in [0.29, 0.717) is 11.3 Å². The topological polar surface area (TPSA) is 84.2 Å². The number of hydrogen-bond donors (Lipinski definition) is 3. The number of urea groups is 1. The van der Waals surface area contributed by atoms with Crippen molar-refractivity contribution in [1.29, 1.82) is 0 Å². The number of amides is 3. The number of carbonyl (C=O) groups is 2. The van der Waals surface area contributed by atoms with Crippen molar-refractivity contribution in [2.75, 3.05) is 5.32 Å². The third kappa shape index (κ3) is 2.69. The van der Waals surface area contributed by atoms with E-state index in [0.717, 1.165) is 37.0 Å². The molecule has 0 aromatic heterocycles. The summed E-state index contributed by atoms with van der Waals surface area (Å²) in [5, 5.41) is 6.05. The number of rotatable bonds is 3. The van der Waals surface area contributed by atoms with Gasteiger partial charge in [0.15, 0.2) is 0 Å². The molecule has 4 N–H and O–H groups in total. The maximum atomic E-state index is 12.5. The highest BCUT2D eigenvalue weighted by molar-refractivity contribution is 6.02. The standard InChI is InChI=1S/C18H23N3O2/c19-16(22)14-3-1-2-4-15(14)20-17(23)21-18-8-11-5-12(9-18)7-13(6-11)10-18/h1-4,11-13H,5-10H2,(H2,19,22)(H2,20,21,23). The van der Waals surface area contributed by atoms with Crippen LogP contribution in [0.4, 0.5) is 10.5 Å². The van der Waals surface area contributed by atoms with E-state index in [9.17, 15) is 9.59 Å². The van der Waals surface area contributed by atoms with Crippen molar-refractivity contribution in [1.82, 2.24) is 5.32 Å². The Labute approximate surface area is 136 Å². The Morgan fingerprint density at radius 2 is 1.57 bits per heavy atom. The molecular formula is C18H23N3O2. The summed E-state index contributed by atoms with van der Waals surface area (Å²) < 4.78 is 0. The van der Waals surface area contributed by atoms with Crippen molar-refractivity contribution in [3.63, 3.8) is 0 Å². The molecule has 4 fully saturated rings. The monoisotopic (exact) mass is 313 g/mol. The number of primary amides is 1. The molecule has 23 heavy (non-hydrogen) atoms. The molecule has 0 aliphatic heterocycles. The van der Waals surface area contributed by atoms with E-state index < -0.39 is 5.91 Å². The van der Waals surface area contributed by atoms with E-state index in [-0.39, 0.29) is 11.6 Å². The number of nitrogens with one attached hydrogen (secondary N) is 2. The normalized spacial score (nSPS) is 34.2. The maximum absolute atomic E-state index is 12.5. The van der Waals surface area contributed by atoms with Gasteiger partial charge in [0, 0.05) is 5.54 Å². The quantitative estimate of drug-likeness (QED) is 0.801. The Morgan fingerprint density at radius 1 is 1.00 bits per heavy atom. The van der Waals surface area contributed by atoms with Gasteiger partial charge in [-0.25, -0.2) is 4.79 Å². The van der Waals surface area contributed by atoms with Crippen LogP contribution in [0.25, 0.3) is 0 Å². The lowest BCUT2D eigenvalue weighted by molar-refractivity contribution is -0.0127. The zero-order chi connectivity index (χ0) is 16.0. The van der Waals surface area contributed by atoms with Crippen molar-refractivity contribution in [2.24, 2.45) is 23.5 Å². The second kappa shape index (κ2) is 5.25. The zero-order valence-electron chi connectivity index (χ0n) is 13.2. The van der Waals surface area contributed by atoms with E-state index in [1.54, 1.807) is 24.3 Å². The predicted octanol–water partition coefficient (Wildman–Crippen LogP) is 2.88. The highest BCUT2D eigenvalue weighted by Gasteiger charge is 2.51. The molecule has 0 spiro atoms. The van der Waals surface area contributed by atoms with Gasteiger partial charge in [-0.1, -0.05) is 12.1 Å². The number of benzene rings is 1. The largest absolute Gasteiger partial charge is 0.366 e. The van der Waals surface area contributed by atoms with Crippen LogP contribution in [0.2, 0.25) is 0 Å². The first-order valence-corrected chi connectivity index (χ1v) is 8.51. The first-order chi connectivity index (χ1) is 11.0. The molecule has 4 aliphatic carbocycles. The Hall–Kier alpha value is -2.04. The Balaban J connectivity index is 1.48. The SMILES string of the molecule is NC(=O)c1ccccc1NC(=O)NC12CC3CC(CC(C3)C1)C2. The molecule has 5 heteroatoms. The summed E-state index contributed by atoms with van der Waals surface area (Å²) in [5.41, 5.74) is 6.14. The second-order valence-electron chi connectivity index (χ2n) is 7.69. The minimum Gasteiger partial charge on any atom is -0.366 e. The number of hydrogen-bond acceptors (Lipinski definition) is 2. The van der Waals surface area contributed by atoms with Crippen molar-refractivity contribution in [3.8, 4) is 0 Å². The Bertz CT molecular complexity index is 620. The van der Waals surface area contributed by atoms with Crippen LogP contribution in [0, 0.1) is 17.8 Å². The molecule has 5 rings (SSSR count). The molecule has 5 nitrogen and oxygen atoms in total. The van der Waals surface area contributed by atoms with Crippen LogP contribution >= 0.6 is 0 Å². The van der Waals surface area contributed by atoms with Gasteiger partial charge in [-0.3, -0.25) is 4.79 Å². The summed E-state index contributed by atoms with van der Waals surface area (Å²) in [6.45, 7) is 0. The van der Waals surface area contributed by atoms with Crippen LogP contribution in [-0.2, 0) is 0 Å². The lowest BCUT2D eigenvalue weighted by Gasteiger charge is -2.56. The van der Waals surface area contributed by atoms with Crippen molar-refractivity contribution in [2.45, 2.75) is 44.1 Å². The first kappa shape index (κ1) is 14.5. The summed E-state index contributed by atoms with van der Waals surface area (Å²) in [5.74, 6) is 1.80. The van der Waals surface area contributed by atoms with Crippen LogP contribution < -0.4 is 16.4 Å². The van der Waals surface area contributed by atoms with Crippen molar-refractivity contribution >= 4 is 17.6 Å². The van der Waals surface area contributed by atoms with Gasteiger partial charge in [-0.15, -0.1) is 0 Å². The van der Waals surface area contributed by atoms with Crippen LogP contribution in [0.15, 0.2) is 24.3 Å². The maximum Gasteiger partial charge on any atom is 0.319 e. The summed E-state index contributed by atoms with van der Waals surface area (Å²) in [7, 11) is 0. The van der Waals surface area contributed by atoms with Gasteiger partial charge in [0.1, 0.15) is 0 Å². The molecule has 4 saturated carbocycles. The summed E-state index contributed by atoms with van der Waals surface area (Å²) in [6.07, 6.45) is 7.32. The molecule has 1 aromatic carbocycles. The molecule has 0 atom stereocenters. The lowest BCUT2D eigenvalue weighted by Crippen LogP contribution is -2.60. The molecule has 122 valence electrons. The third-order valence-corrected chi connectivity index (χ3v) is 5.86.